The fraction of sp³-hybridized carbons (Fsp3) is 0.529. The quantitative estimate of drug-likeness (QED) is 0.846. The normalized spacial score (nSPS) is 14.3. The number of amides is 1. The van der Waals surface area contributed by atoms with Gasteiger partial charge in [0.2, 0.25) is 5.91 Å². The van der Waals surface area contributed by atoms with Crippen LogP contribution in [0, 0.1) is 24.7 Å². The Balaban J connectivity index is 1.58. The molecule has 0 unspecified atom stereocenters. The van der Waals surface area contributed by atoms with Crippen LogP contribution in [0.2, 0.25) is 0 Å². The SMILES string of the molecule is Cc1ccc(OCC#CCNC(=O)CC2CCCC2)cn1. The number of nitrogens with one attached hydrogen (secondary N) is 1. The van der Waals surface area contributed by atoms with Crippen LogP contribution >= 0.6 is 0 Å². The van der Waals surface area contributed by atoms with Crippen LogP contribution in [0.25, 0.3) is 0 Å². The highest BCUT2D eigenvalue weighted by Crippen LogP contribution is 2.27. The Morgan fingerprint density at radius 2 is 2.19 bits per heavy atom. The van der Waals surface area contributed by atoms with Gasteiger partial charge in [0.1, 0.15) is 12.4 Å². The first-order chi connectivity index (χ1) is 10.2. The lowest BCUT2D eigenvalue weighted by molar-refractivity contribution is -0.121. The van der Waals surface area contributed by atoms with E-state index in [4.69, 9.17) is 4.74 Å². The fourth-order valence-electron chi connectivity index (χ4n) is 2.46. The number of pyridine rings is 1. The van der Waals surface area contributed by atoms with Gasteiger partial charge in [0, 0.05) is 12.1 Å². The van der Waals surface area contributed by atoms with Crippen LogP contribution in [0.5, 0.6) is 5.75 Å². The van der Waals surface area contributed by atoms with Gasteiger partial charge in [0.05, 0.1) is 12.7 Å². The van der Waals surface area contributed by atoms with Crippen LogP contribution in [0.4, 0.5) is 0 Å². The molecule has 0 saturated heterocycles. The van der Waals surface area contributed by atoms with E-state index in [2.05, 4.69) is 22.1 Å². The largest absolute Gasteiger partial charge is 0.479 e. The van der Waals surface area contributed by atoms with Gasteiger partial charge in [-0.25, -0.2) is 0 Å². The first-order valence-electron chi connectivity index (χ1n) is 7.52. The number of rotatable bonds is 5. The van der Waals surface area contributed by atoms with Crippen molar-refractivity contribution in [3.63, 3.8) is 0 Å². The zero-order valence-electron chi connectivity index (χ0n) is 12.5. The molecule has 1 saturated carbocycles. The number of ether oxygens (including phenoxy) is 1. The average Bonchev–Trinajstić information content (AvgIpc) is 2.97. The van der Waals surface area contributed by atoms with Crippen LogP contribution in [-0.4, -0.2) is 24.0 Å². The molecule has 1 fully saturated rings. The highest BCUT2D eigenvalue weighted by atomic mass is 16.5. The topological polar surface area (TPSA) is 51.2 Å². The van der Waals surface area contributed by atoms with E-state index >= 15 is 0 Å². The molecule has 1 aliphatic carbocycles. The van der Waals surface area contributed by atoms with Crippen molar-refractivity contribution in [3.8, 4) is 17.6 Å². The third kappa shape index (κ3) is 5.86. The summed E-state index contributed by atoms with van der Waals surface area (Å²) in [7, 11) is 0. The van der Waals surface area contributed by atoms with E-state index in [-0.39, 0.29) is 5.91 Å². The molecule has 4 heteroatoms. The molecule has 0 aliphatic heterocycles. The van der Waals surface area contributed by atoms with Gasteiger partial charge >= 0.3 is 0 Å². The number of aryl methyl sites for hydroxylation is 1. The van der Waals surface area contributed by atoms with Crippen molar-refractivity contribution < 1.29 is 9.53 Å². The van der Waals surface area contributed by atoms with Crippen LogP contribution in [0.3, 0.4) is 0 Å². The predicted octanol–water partition coefficient (Wildman–Crippen LogP) is 2.47. The van der Waals surface area contributed by atoms with Gasteiger partial charge in [-0.1, -0.05) is 24.7 Å². The predicted molar refractivity (Wildman–Crippen MR) is 81.8 cm³/mol. The van der Waals surface area contributed by atoms with Gasteiger partial charge in [-0.3, -0.25) is 9.78 Å². The number of carbonyl (C=O) groups is 1. The molecule has 1 heterocycles. The maximum atomic E-state index is 11.7. The summed E-state index contributed by atoms with van der Waals surface area (Å²) >= 11 is 0. The minimum absolute atomic E-state index is 0.111. The van der Waals surface area contributed by atoms with Crippen molar-refractivity contribution in [1.82, 2.24) is 10.3 Å². The van der Waals surface area contributed by atoms with Crippen molar-refractivity contribution in [3.05, 3.63) is 24.0 Å². The summed E-state index contributed by atoms with van der Waals surface area (Å²) in [6.07, 6.45) is 7.24. The molecule has 0 spiro atoms. The Bertz CT molecular complexity index is 508. The van der Waals surface area contributed by atoms with Gasteiger partial charge in [-0.05, 0) is 37.8 Å². The first-order valence-corrected chi connectivity index (χ1v) is 7.52. The number of hydrogen-bond donors (Lipinski definition) is 1. The molecule has 2 rings (SSSR count). The Morgan fingerprint density at radius 3 is 2.90 bits per heavy atom. The van der Waals surface area contributed by atoms with Crippen molar-refractivity contribution in [2.45, 2.75) is 39.0 Å². The molecule has 112 valence electrons. The van der Waals surface area contributed by atoms with Gasteiger partial charge in [-0.2, -0.15) is 0 Å². The van der Waals surface area contributed by atoms with Crippen molar-refractivity contribution in [2.24, 2.45) is 5.92 Å². The summed E-state index contributed by atoms with van der Waals surface area (Å²) in [4.78, 5) is 15.8. The Hall–Kier alpha value is -2.02. The number of aromatic nitrogens is 1. The smallest absolute Gasteiger partial charge is 0.221 e. The van der Waals surface area contributed by atoms with E-state index in [9.17, 15) is 4.79 Å². The lowest BCUT2D eigenvalue weighted by atomic mass is 10.0. The standard InChI is InChI=1S/C17H22N2O2/c1-14-8-9-16(13-19-14)21-11-5-4-10-18-17(20)12-15-6-2-3-7-15/h8-9,13,15H,2-3,6-7,10-12H2,1H3,(H,18,20). The Kier molecular flexibility index (Phi) is 6.08. The van der Waals surface area contributed by atoms with E-state index in [1.807, 2.05) is 19.1 Å². The summed E-state index contributed by atoms with van der Waals surface area (Å²) in [6.45, 7) is 2.63. The van der Waals surface area contributed by atoms with Crippen LogP contribution < -0.4 is 10.1 Å². The monoisotopic (exact) mass is 286 g/mol. The number of hydrogen-bond acceptors (Lipinski definition) is 3. The summed E-state index contributed by atoms with van der Waals surface area (Å²) < 4.78 is 5.43. The second kappa shape index (κ2) is 8.31. The third-order valence-electron chi connectivity index (χ3n) is 3.64. The van der Waals surface area contributed by atoms with E-state index in [1.165, 1.54) is 25.7 Å². The van der Waals surface area contributed by atoms with Crippen molar-refractivity contribution in [2.75, 3.05) is 13.2 Å². The van der Waals surface area contributed by atoms with Gasteiger partial charge in [0.25, 0.3) is 0 Å². The molecule has 0 atom stereocenters. The first kappa shape index (κ1) is 15.4. The summed E-state index contributed by atoms with van der Waals surface area (Å²) in [6, 6.07) is 3.76. The summed E-state index contributed by atoms with van der Waals surface area (Å²) in [5.74, 6) is 7.18. The average molecular weight is 286 g/mol. The van der Waals surface area contributed by atoms with E-state index in [0.717, 1.165) is 5.69 Å². The fourth-order valence-corrected chi connectivity index (χ4v) is 2.46. The Labute approximate surface area is 126 Å². The lowest BCUT2D eigenvalue weighted by Gasteiger charge is -2.07. The molecular formula is C17H22N2O2. The maximum Gasteiger partial charge on any atom is 0.221 e. The third-order valence-corrected chi connectivity index (χ3v) is 3.64. The van der Waals surface area contributed by atoms with Crippen molar-refractivity contribution >= 4 is 5.91 Å². The molecule has 1 aromatic rings. The number of carbonyl (C=O) groups excluding carboxylic acids is 1. The van der Waals surface area contributed by atoms with Crippen molar-refractivity contribution in [1.29, 1.82) is 0 Å². The van der Waals surface area contributed by atoms with Crippen LogP contribution in [0.15, 0.2) is 18.3 Å². The van der Waals surface area contributed by atoms with E-state index in [1.54, 1.807) is 6.20 Å². The molecule has 1 aromatic heterocycles. The number of nitrogens with zero attached hydrogens (tertiary/aromatic N) is 1. The minimum Gasteiger partial charge on any atom is -0.479 e. The molecule has 1 aliphatic rings. The van der Waals surface area contributed by atoms with E-state index < -0.39 is 0 Å². The summed E-state index contributed by atoms with van der Waals surface area (Å²) in [5.41, 5.74) is 0.957. The van der Waals surface area contributed by atoms with E-state index in [0.29, 0.717) is 31.2 Å². The zero-order chi connectivity index (χ0) is 14.9. The minimum atomic E-state index is 0.111. The zero-order valence-corrected chi connectivity index (χ0v) is 12.5. The highest BCUT2D eigenvalue weighted by Gasteiger charge is 2.17. The lowest BCUT2D eigenvalue weighted by Crippen LogP contribution is -2.25. The molecule has 0 bridgehead atoms. The molecule has 1 N–H and O–H groups in total. The Morgan fingerprint density at radius 1 is 1.38 bits per heavy atom. The molecule has 4 nitrogen and oxygen atoms in total. The van der Waals surface area contributed by atoms with Crippen LogP contribution in [-0.2, 0) is 4.79 Å². The molecule has 1 amide bonds. The molecule has 21 heavy (non-hydrogen) atoms. The van der Waals surface area contributed by atoms with Gasteiger partial charge in [-0.15, -0.1) is 0 Å². The second-order valence-corrected chi connectivity index (χ2v) is 5.41. The summed E-state index contributed by atoms with van der Waals surface area (Å²) in [5, 5.41) is 2.84. The highest BCUT2D eigenvalue weighted by molar-refractivity contribution is 5.76. The van der Waals surface area contributed by atoms with Gasteiger partial charge < -0.3 is 10.1 Å². The second-order valence-electron chi connectivity index (χ2n) is 5.41. The molecule has 0 aromatic carbocycles. The maximum absolute atomic E-state index is 11.7. The molecular weight excluding hydrogens is 264 g/mol. The van der Waals surface area contributed by atoms with Crippen LogP contribution in [0.1, 0.15) is 37.8 Å². The van der Waals surface area contributed by atoms with Gasteiger partial charge in [0.15, 0.2) is 0 Å². The molecule has 0 radical (unpaired) electrons.